The first-order valence-corrected chi connectivity index (χ1v) is 5.26. The molecule has 0 heterocycles. The standard InChI is InChI=1S/C12H19NO3/c1-9(13(2)4-5-16-3)10-6-11(14)8-12(15)7-10/h6-9,14-15H,4-5H2,1-3H3. The van der Waals surface area contributed by atoms with Crippen molar-refractivity contribution in [2.45, 2.75) is 13.0 Å². The van der Waals surface area contributed by atoms with Crippen LogP contribution in [0.15, 0.2) is 18.2 Å². The average Bonchev–Trinajstić information content (AvgIpc) is 2.23. The summed E-state index contributed by atoms with van der Waals surface area (Å²) >= 11 is 0. The predicted molar refractivity (Wildman–Crippen MR) is 62.7 cm³/mol. The Labute approximate surface area is 96.1 Å². The third-order valence-electron chi connectivity index (χ3n) is 2.72. The van der Waals surface area contributed by atoms with Crippen LogP contribution in [0.4, 0.5) is 0 Å². The molecule has 0 aromatic heterocycles. The molecule has 1 aromatic carbocycles. The van der Waals surface area contributed by atoms with Gasteiger partial charge in [0, 0.05) is 25.8 Å². The third kappa shape index (κ3) is 3.40. The first kappa shape index (κ1) is 12.8. The molecule has 0 saturated carbocycles. The number of nitrogens with zero attached hydrogens (tertiary/aromatic N) is 1. The highest BCUT2D eigenvalue weighted by Crippen LogP contribution is 2.27. The molecular formula is C12H19NO3. The molecule has 0 aliphatic carbocycles. The monoisotopic (exact) mass is 225 g/mol. The predicted octanol–water partition coefficient (Wildman–Crippen LogP) is 1.74. The van der Waals surface area contributed by atoms with Crippen molar-refractivity contribution in [3.05, 3.63) is 23.8 Å². The summed E-state index contributed by atoms with van der Waals surface area (Å²) < 4.78 is 5.01. The van der Waals surface area contributed by atoms with Crippen LogP contribution in [0, 0.1) is 0 Å². The maximum atomic E-state index is 9.40. The van der Waals surface area contributed by atoms with Crippen LogP contribution in [0.2, 0.25) is 0 Å². The van der Waals surface area contributed by atoms with Gasteiger partial charge in [0.1, 0.15) is 11.5 Å². The third-order valence-corrected chi connectivity index (χ3v) is 2.72. The van der Waals surface area contributed by atoms with Crippen LogP contribution in [-0.2, 0) is 4.74 Å². The van der Waals surface area contributed by atoms with Gasteiger partial charge in [0.25, 0.3) is 0 Å². The molecule has 4 heteroatoms. The fourth-order valence-electron chi connectivity index (χ4n) is 1.54. The first-order chi connectivity index (χ1) is 7.54. The summed E-state index contributed by atoms with van der Waals surface area (Å²) in [6, 6.07) is 4.76. The number of phenols is 2. The van der Waals surface area contributed by atoms with Gasteiger partial charge < -0.3 is 14.9 Å². The SMILES string of the molecule is COCCN(C)C(C)c1cc(O)cc(O)c1. The summed E-state index contributed by atoms with van der Waals surface area (Å²) in [6.45, 7) is 3.48. The Morgan fingerprint density at radius 1 is 1.25 bits per heavy atom. The molecule has 2 N–H and O–H groups in total. The van der Waals surface area contributed by atoms with Crippen molar-refractivity contribution < 1.29 is 14.9 Å². The maximum absolute atomic E-state index is 9.40. The van der Waals surface area contributed by atoms with Crippen LogP contribution < -0.4 is 0 Å². The number of phenolic OH excluding ortho intramolecular Hbond substituents is 2. The molecule has 0 aliphatic rings. The van der Waals surface area contributed by atoms with Crippen LogP contribution in [0.25, 0.3) is 0 Å². The van der Waals surface area contributed by atoms with Gasteiger partial charge in [-0.3, -0.25) is 4.90 Å². The molecule has 1 aromatic rings. The maximum Gasteiger partial charge on any atom is 0.119 e. The lowest BCUT2D eigenvalue weighted by Gasteiger charge is -2.24. The molecule has 90 valence electrons. The van der Waals surface area contributed by atoms with E-state index in [9.17, 15) is 10.2 Å². The van der Waals surface area contributed by atoms with E-state index in [0.29, 0.717) is 6.61 Å². The minimum atomic E-state index is 0.0852. The quantitative estimate of drug-likeness (QED) is 0.801. The van der Waals surface area contributed by atoms with Crippen molar-refractivity contribution in [3.63, 3.8) is 0 Å². The van der Waals surface area contributed by atoms with E-state index in [1.165, 1.54) is 6.07 Å². The van der Waals surface area contributed by atoms with Crippen molar-refractivity contribution in [3.8, 4) is 11.5 Å². The Bertz CT molecular complexity index is 321. The van der Waals surface area contributed by atoms with E-state index < -0.39 is 0 Å². The largest absolute Gasteiger partial charge is 0.508 e. The highest BCUT2D eigenvalue weighted by Gasteiger charge is 2.12. The van der Waals surface area contributed by atoms with Crippen LogP contribution in [0.3, 0.4) is 0 Å². The zero-order chi connectivity index (χ0) is 12.1. The van der Waals surface area contributed by atoms with Gasteiger partial charge >= 0.3 is 0 Å². The number of likely N-dealkylation sites (N-methyl/N-ethyl adjacent to an activating group) is 1. The van der Waals surface area contributed by atoms with E-state index >= 15 is 0 Å². The molecule has 0 amide bonds. The lowest BCUT2D eigenvalue weighted by Crippen LogP contribution is -2.26. The summed E-state index contributed by atoms with van der Waals surface area (Å²) in [7, 11) is 3.64. The van der Waals surface area contributed by atoms with Crippen molar-refractivity contribution in [2.24, 2.45) is 0 Å². The molecule has 0 aliphatic heterocycles. The van der Waals surface area contributed by atoms with E-state index in [-0.39, 0.29) is 17.5 Å². The van der Waals surface area contributed by atoms with Gasteiger partial charge in [-0.2, -0.15) is 0 Å². The fourth-order valence-corrected chi connectivity index (χ4v) is 1.54. The van der Waals surface area contributed by atoms with Crippen LogP contribution in [-0.4, -0.2) is 42.4 Å². The second-order valence-corrected chi connectivity index (χ2v) is 3.93. The number of methoxy groups -OCH3 is 1. The average molecular weight is 225 g/mol. The molecule has 16 heavy (non-hydrogen) atoms. The molecule has 1 atom stereocenters. The second kappa shape index (κ2) is 5.72. The Kier molecular flexibility index (Phi) is 4.58. The van der Waals surface area contributed by atoms with Gasteiger partial charge in [-0.25, -0.2) is 0 Å². The van der Waals surface area contributed by atoms with E-state index in [1.807, 2.05) is 14.0 Å². The van der Waals surface area contributed by atoms with Crippen LogP contribution >= 0.6 is 0 Å². The topological polar surface area (TPSA) is 52.9 Å². The fraction of sp³-hybridized carbons (Fsp3) is 0.500. The smallest absolute Gasteiger partial charge is 0.119 e. The number of benzene rings is 1. The van der Waals surface area contributed by atoms with E-state index in [0.717, 1.165) is 12.1 Å². The number of aromatic hydroxyl groups is 2. The lowest BCUT2D eigenvalue weighted by atomic mass is 10.1. The van der Waals surface area contributed by atoms with Crippen molar-refractivity contribution in [1.29, 1.82) is 0 Å². The highest BCUT2D eigenvalue weighted by atomic mass is 16.5. The van der Waals surface area contributed by atoms with Crippen molar-refractivity contribution >= 4 is 0 Å². The van der Waals surface area contributed by atoms with E-state index in [4.69, 9.17) is 4.74 Å². The summed E-state index contributed by atoms with van der Waals surface area (Å²) in [5.74, 6) is 0.170. The minimum Gasteiger partial charge on any atom is -0.508 e. The molecule has 1 unspecified atom stereocenters. The summed E-state index contributed by atoms with van der Waals surface area (Å²) in [5, 5.41) is 18.8. The van der Waals surface area contributed by atoms with Gasteiger partial charge in [0.15, 0.2) is 0 Å². The Balaban J connectivity index is 2.74. The highest BCUT2D eigenvalue weighted by molar-refractivity contribution is 5.37. The van der Waals surface area contributed by atoms with Gasteiger partial charge in [-0.15, -0.1) is 0 Å². The van der Waals surface area contributed by atoms with E-state index in [2.05, 4.69) is 4.90 Å². The van der Waals surface area contributed by atoms with Gasteiger partial charge in [0.2, 0.25) is 0 Å². The van der Waals surface area contributed by atoms with Crippen LogP contribution in [0.5, 0.6) is 11.5 Å². The van der Waals surface area contributed by atoms with Gasteiger partial charge in [0.05, 0.1) is 6.61 Å². The van der Waals surface area contributed by atoms with Crippen LogP contribution in [0.1, 0.15) is 18.5 Å². The number of hydrogen-bond acceptors (Lipinski definition) is 4. The Hall–Kier alpha value is -1.26. The van der Waals surface area contributed by atoms with Crippen molar-refractivity contribution in [1.82, 2.24) is 4.90 Å². The molecule has 0 spiro atoms. The minimum absolute atomic E-state index is 0.0852. The zero-order valence-electron chi connectivity index (χ0n) is 9.97. The molecular weight excluding hydrogens is 206 g/mol. The zero-order valence-corrected chi connectivity index (χ0v) is 9.97. The summed E-state index contributed by atoms with van der Waals surface area (Å²) in [6.07, 6.45) is 0. The van der Waals surface area contributed by atoms with Gasteiger partial charge in [-0.05, 0) is 31.7 Å². The molecule has 0 fully saturated rings. The molecule has 1 rings (SSSR count). The molecule has 0 radical (unpaired) electrons. The molecule has 0 saturated heterocycles. The number of hydrogen-bond donors (Lipinski definition) is 2. The lowest BCUT2D eigenvalue weighted by molar-refractivity contribution is 0.143. The first-order valence-electron chi connectivity index (χ1n) is 5.26. The Morgan fingerprint density at radius 3 is 2.31 bits per heavy atom. The molecule has 4 nitrogen and oxygen atoms in total. The second-order valence-electron chi connectivity index (χ2n) is 3.93. The van der Waals surface area contributed by atoms with Gasteiger partial charge in [-0.1, -0.05) is 0 Å². The Morgan fingerprint density at radius 2 is 1.81 bits per heavy atom. The summed E-state index contributed by atoms with van der Waals surface area (Å²) in [5.41, 5.74) is 0.885. The van der Waals surface area contributed by atoms with E-state index in [1.54, 1.807) is 19.2 Å². The van der Waals surface area contributed by atoms with Crippen molar-refractivity contribution in [2.75, 3.05) is 27.3 Å². The summed E-state index contributed by atoms with van der Waals surface area (Å²) in [4.78, 5) is 2.09. The molecule has 0 bridgehead atoms. The normalized spacial score (nSPS) is 13.0. The number of ether oxygens (including phenoxy) is 1. The number of rotatable bonds is 5.